The Morgan fingerprint density at radius 3 is 2.64 bits per heavy atom. The summed E-state index contributed by atoms with van der Waals surface area (Å²) in [6.07, 6.45) is -0.432. The Kier molecular flexibility index (Phi) is 3.74. The molecule has 0 atom stereocenters. The van der Waals surface area contributed by atoms with E-state index in [1.807, 2.05) is 30.3 Å². The lowest BCUT2D eigenvalue weighted by molar-refractivity contribution is 0.0690. The number of hydrogen-bond donors (Lipinski definition) is 1. The van der Waals surface area contributed by atoms with Gasteiger partial charge in [0.05, 0.1) is 18.8 Å². The van der Waals surface area contributed by atoms with Crippen LogP contribution in [0.3, 0.4) is 0 Å². The quantitative estimate of drug-likeness (QED) is 0.941. The molecule has 1 aliphatic heterocycles. The molecule has 1 aliphatic rings. The number of rotatable bonds is 3. The highest BCUT2D eigenvalue weighted by atomic mass is 16.6. The first-order chi connectivity index (χ1) is 10.6. The normalized spacial score (nSPS) is 12.8. The van der Waals surface area contributed by atoms with E-state index in [-0.39, 0.29) is 18.8 Å². The van der Waals surface area contributed by atoms with E-state index in [0.717, 1.165) is 11.1 Å². The molecule has 112 valence electrons. The van der Waals surface area contributed by atoms with Gasteiger partial charge in [-0.25, -0.2) is 14.6 Å². The average molecular weight is 298 g/mol. The first-order valence-corrected chi connectivity index (χ1v) is 6.81. The Hall–Kier alpha value is -2.89. The van der Waals surface area contributed by atoms with E-state index >= 15 is 0 Å². The molecule has 0 saturated heterocycles. The van der Waals surface area contributed by atoms with Crippen LogP contribution in [0.2, 0.25) is 0 Å². The number of hydrogen-bond acceptors (Lipinski definition) is 4. The molecule has 0 spiro atoms. The first kappa shape index (κ1) is 14.1. The zero-order chi connectivity index (χ0) is 15.5. The summed E-state index contributed by atoms with van der Waals surface area (Å²) < 4.78 is 5.26. The number of amides is 1. The number of pyridine rings is 1. The van der Waals surface area contributed by atoms with E-state index in [1.54, 1.807) is 6.07 Å². The maximum Gasteiger partial charge on any atom is 0.410 e. The van der Waals surface area contributed by atoms with E-state index in [4.69, 9.17) is 9.84 Å². The number of carbonyl (C=O) groups excluding carboxylic acids is 1. The maximum absolute atomic E-state index is 12.1. The van der Waals surface area contributed by atoms with Gasteiger partial charge in [-0.15, -0.1) is 0 Å². The largest absolute Gasteiger partial charge is 0.477 e. The molecular weight excluding hydrogens is 284 g/mol. The highest BCUT2D eigenvalue weighted by molar-refractivity contribution is 5.85. The van der Waals surface area contributed by atoms with Gasteiger partial charge in [-0.3, -0.25) is 4.90 Å². The third-order valence-electron chi connectivity index (χ3n) is 3.45. The topological polar surface area (TPSA) is 79.7 Å². The van der Waals surface area contributed by atoms with Crippen molar-refractivity contribution in [1.29, 1.82) is 0 Å². The fourth-order valence-electron chi connectivity index (χ4n) is 2.31. The summed E-state index contributed by atoms with van der Waals surface area (Å²) in [4.78, 5) is 28.5. The smallest absolute Gasteiger partial charge is 0.410 e. The minimum Gasteiger partial charge on any atom is -0.477 e. The number of fused-ring (bicyclic) bond motifs is 1. The van der Waals surface area contributed by atoms with Crippen molar-refractivity contribution >= 4 is 12.1 Å². The van der Waals surface area contributed by atoms with Crippen LogP contribution in [-0.2, 0) is 24.4 Å². The SMILES string of the molecule is O=C(O)c1ccc2c(n1)CN(C(=O)OCc1ccccc1)C2. The van der Waals surface area contributed by atoms with Crippen molar-refractivity contribution in [3.63, 3.8) is 0 Å². The summed E-state index contributed by atoms with van der Waals surface area (Å²) in [6, 6.07) is 12.6. The van der Waals surface area contributed by atoms with Crippen LogP contribution in [0, 0.1) is 0 Å². The second-order valence-electron chi connectivity index (χ2n) is 5.00. The Morgan fingerprint density at radius 2 is 1.91 bits per heavy atom. The van der Waals surface area contributed by atoms with Crippen LogP contribution in [0.25, 0.3) is 0 Å². The van der Waals surface area contributed by atoms with E-state index in [0.29, 0.717) is 12.2 Å². The molecule has 0 saturated carbocycles. The Labute approximate surface area is 127 Å². The molecule has 2 aromatic rings. The van der Waals surface area contributed by atoms with Gasteiger partial charge in [0.1, 0.15) is 12.3 Å². The van der Waals surface area contributed by atoms with Crippen molar-refractivity contribution in [3.8, 4) is 0 Å². The van der Waals surface area contributed by atoms with Crippen LogP contribution in [0.4, 0.5) is 4.79 Å². The monoisotopic (exact) mass is 298 g/mol. The molecular formula is C16H14N2O4. The number of ether oxygens (including phenoxy) is 1. The number of carboxylic acid groups (broad SMARTS) is 1. The molecule has 0 unspecified atom stereocenters. The van der Waals surface area contributed by atoms with Gasteiger partial charge in [0.25, 0.3) is 0 Å². The van der Waals surface area contributed by atoms with Gasteiger partial charge in [-0.05, 0) is 17.2 Å². The molecule has 1 aromatic carbocycles. The summed E-state index contributed by atoms with van der Waals surface area (Å²) in [5, 5.41) is 8.93. The molecule has 22 heavy (non-hydrogen) atoms. The van der Waals surface area contributed by atoms with Crippen molar-refractivity contribution < 1.29 is 19.4 Å². The number of aromatic carboxylic acids is 1. The minimum absolute atomic E-state index is 0.0155. The lowest BCUT2D eigenvalue weighted by atomic mass is 10.2. The summed E-state index contributed by atoms with van der Waals surface area (Å²) >= 11 is 0. The Bertz CT molecular complexity index is 715. The lowest BCUT2D eigenvalue weighted by Gasteiger charge is -2.15. The number of nitrogens with zero attached hydrogens (tertiary/aromatic N) is 2. The second-order valence-corrected chi connectivity index (χ2v) is 5.00. The van der Waals surface area contributed by atoms with Crippen molar-refractivity contribution in [2.75, 3.05) is 0 Å². The van der Waals surface area contributed by atoms with E-state index in [9.17, 15) is 9.59 Å². The number of carbonyl (C=O) groups is 2. The van der Waals surface area contributed by atoms with Gasteiger partial charge in [-0.1, -0.05) is 36.4 Å². The van der Waals surface area contributed by atoms with Crippen LogP contribution in [0.5, 0.6) is 0 Å². The summed E-state index contributed by atoms with van der Waals surface area (Å²) in [7, 11) is 0. The fourth-order valence-corrected chi connectivity index (χ4v) is 2.31. The highest BCUT2D eigenvalue weighted by Crippen LogP contribution is 2.22. The molecule has 0 bridgehead atoms. The third-order valence-corrected chi connectivity index (χ3v) is 3.45. The van der Waals surface area contributed by atoms with Gasteiger partial charge in [0.2, 0.25) is 0 Å². The number of aromatic nitrogens is 1. The predicted octanol–water partition coefficient (Wildman–Crippen LogP) is 2.43. The Balaban J connectivity index is 1.62. The average Bonchev–Trinajstić information content (AvgIpc) is 2.96. The zero-order valence-electron chi connectivity index (χ0n) is 11.7. The van der Waals surface area contributed by atoms with Crippen molar-refractivity contribution in [3.05, 3.63) is 65.0 Å². The van der Waals surface area contributed by atoms with Gasteiger partial charge < -0.3 is 9.84 Å². The minimum atomic E-state index is -1.08. The molecule has 1 aromatic heterocycles. The standard InChI is InChI=1S/C16H14N2O4/c19-15(20)13-7-6-12-8-18(9-14(12)17-13)16(21)22-10-11-4-2-1-3-5-11/h1-7H,8-10H2,(H,19,20). The van der Waals surface area contributed by atoms with Gasteiger partial charge in [0.15, 0.2) is 0 Å². The molecule has 0 aliphatic carbocycles. The van der Waals surface area contributed by atoms with Gasteiger partial charge in [0, 0.05) is 0 Å². The van der Waals surface area contributed by atoms with Crippen LogP contribution in [0.1, 0.15) is 27.3 Å². The zero-order valence-corrected chi connectivity index (χ0v) is 11.7. The Morgan fingerprint density at radius 1 is 1.14 bits per heavy atom. The molecule has 2 heterocycles. The predicted molar refractivity (Wildman–Crippen MR) is 77.1 cm³/mol. The van der Waals surface area contributed by atoms with E-state index in [2.05, 4.69) is 4.98 Å². The summed E-state index contributed by atoms with van der Waals surface area (Å²) in [5.74, 6) is -1.08. The molecule has 1 amide bonds. The van der Waals surface area contributed by atoms with Crippen molar-refractivity contribution in [1.82, 2.24) is 9.88 Å². The van der Waals surface area contributed by atoms with Gasteiger partial charge >= 0.3 is 12.1 Å². The fraction of sp³-hybridized carbons (Fsp3) is 0.188. The molecule has 6 nitrogen and oxygen atoms in total. The molecule has 1 N–H and O–H groups in total. The van der Waals surface area contributed by atoms with Crippen molar-refractivity contribution in [2.24, 2.45) is 0 Å². The van der Waals surface area contributed by atoms with E-state index in [1.165, 1.54) is 11.0 Å². The van der Waals surface area contributed by atoms with Crippen LogP contribution in [-0.4, -0.2) is 27.1 Å². The number of benzene rings is 1. The third kappa shape index (κ3) is 2.90. The van der Waals surface area contributed by atoms with Crippen LogP contribution in [0.15, 0.2) is 42.5 Å². The van der Waals surface area contributed by atoms with Crippen LogP contribution >= 0.6 is 0 Å². The number of carboxylic acids is 1. The van der Waals surface area contributed by atoms with E-state index < -0.39 is 12.1 Å². The summed E-state index contributed by atoms with van der Waals surface area (Å²) in [5.41, 5.74) is 2.36. The molecule has 3 rings (SSSR count). The highest BCUT2D eigenvalue weighted by Gasteiger charge is 2.26. The summed E-state index contributed by atoms with van der Waals surface area (Å²) in [6.45, 7) is 0.861. The lowest BCUT2D eigenvalue weighted by Crippen LogP contribution is -2.26. The van der Waals surface area contributed by atoms with Crippen LogP contribution < -0.4 is 0 Å². The molecule has 0 fully saturated rings. The molecule has 0 radical (unpaired) electrons. The maximum atomic E-state index is 12.1. The molecule has 6 heteroatoms. The van der Waals surface area contributed by atoms with Gasteiger partial charge in [-0.2, -0.15) is 0 Å². The van der Waals surface area contributed by atoms with Crippen molar-refractivity contribution in [2.45, 2.75) is 19.7 Å². The first-order valence-electron chi connectivity index (χ1n) is 6.81. The second kappa shape index (κ2) is 5.85.